The van der Waals surface area contributed by atoms with Crippen molar-refractivity contribution in [1.82, 2.24) is 15.5 Å². The molecule has 0 aromatic carbocycles. The molecule has 0 atom stereocenters. The maximum atomic E-state index is 12.3. The van der Waals surface area contributed by atoms with Gasteiger partial charge >= 0.3 is 6.03 Å². The van der Waals surface area contributed by atoms with Gasteiger partial charge in [-0.25, -0.2) is 4.79 Å². The van der Waals surface area contributed by atoms with E-state index in [4.69, 9.17) is 0 Å². The first-order valence-electron chi connectivity index (χ1n) is 9.18. The number of piperidine rings is 1. The van der Waals surface area contributed by atoms with Crippen LogP contribution in [-0.4, -0.2) is 42.0 Å². The smallest absolute Gasteiger partial charge is 0.317 e. The van der Waals surface area contributed by atoms with E-state index in [0.717, 1.165) is 38.8 Å². The van der Waals surface area contributed by atoms with Crippen molar-refractivity contribution in [2.75, 3.05) is 13.1 Å². The molecule has 1 saturated heterocycles. The maximum absolute atomic E-state index is 12.3. The van der Waals surface area contributed by atoms with Gasteiger partial charge in [0.05, 0.1) is 0 Å². The van der Waals surface area contributed by atoms with Crippen LogP contribution in [0.2, 0.25) is 0 Å². The Morgan fingerprint density at radius 1 is 0.913 bits per heavy atom. The summed E-state index contributed by atoms with van der Waals surface area (Å²) in [6.45, 7) is 7.69. The van der Waals surface area contributed by atoms with Gasteiger partial charge in [-0.1, -0.05) is 40.0 Å². The van der Waals surface area contributed by atoms with E-state index < -0.39 is 0 Å². The zero-order valence-electron chi connectivity index (χ0n) is 15.0. The first kappa shape index (κ1) is 18.1. The van der Waals surface area contributed by atoms with Gasteiger partial charge in [-0.2, -0.15) is 0 Å². The highest BCUT2D eigenvalue weighted by atomic mass is 16.2. The number of likely N-dealkylation sites (tertiary alicyclic amines) is 1. The Kier molecular flexibility index (Phi) is 6.31. The lowest BCUT2D eigenvalue weighted by Crippen LogP contribution is -2.51. The number of urea groups is 1. The van der Waals surface area contributed by atoms with Gasteiger partial charge in [0.1, 0.15) is 0 Å². The van der Waals surface area contributed by atoms with Crippen molar-refractivity contribution in [3.05, 3.63) is 0 Å². The summed E-state index contributed by atoms with van der Waals surface area (Å²) in [7, 11) is 0. The van der Waals surface area contributed by atoms with Gasteiger partial charge in [-0.3, -0.25) is 4.79 Å². The van der Waals surface area contributed by atoms with Crippen molar-refractivity contribution in [1.29, 1.82) is 0 Å². The number of carbonyl (C=O) groups is 2. The molecule has 0 bridgehead atoms. The molecular weight excluding hydrogens is 290 g/mol. The van der Waals surface area contributed by atoms with Crippen LogP contribution < -0.4 is 10.6 Å². The van der Waals surface area contributed by atoms with E-state index in [9.17, 15) is 9.59 Å². The minimum Gasteiger partial charge on any atom is -0.353 e. The van der Waals surface area contributed by atoms with Crippen molar-refractivity contribution in [3.63, 3.8) is 0 Å². The number of hydrogen-bond donors (Lipinski definition) is 2. The van der Waals surface area contributed by atoms with Crippen LogP contribution in [0.15, 0.2) is 0 Å². The van der Waals surface area contributed by atoms with Crippen LogP contribution in [0.25, 0.3) is 0 Å². The van der Waals surface area contributed by atoms with Crippen LogP contribution in [0.4, 0.5) is 4.79 Å². The van der Waals surface area contributed by atoms with E-state index >= 15 is 0 Å². The molecule has 1 aliphatic heterocycles. The number of rotatable bonds is 3. The molecule has 5 nitrogen and oxygen atoms in total. The molecule has 132 valence electrons. The molecule has 1 aliphatic carbocycles. The van der Waals surface area contributed by atoms with Gasteiger partial charge < -0.3 is 15.5 Å². The summed E-state index contributed by atoms with van der Waals surface area (Å²) in [4.78, 5) is 26.2. The van der Waals surface area contributed by atoms with Crippen LogP contribution in [0, 0.1) is 5.41 Å². The third kappa shape index (κ3) is 6.40. The zero-order chi connectivity index (χ0) is 16.9. The summed E-state index contributed by atoms with van der Waals surface area (Å²) in [6.07, 6.45) is 8.25. The molecule has 5 heteroatoms. The monoisotopic (exact) mass is 323 g/mol. The lowest BCUT2D eigenvalue weighted by molar-refractivity contribution is -0.123. The predicted molar refractivity (Wildman–Crippen MR) is 92.2 cm³/mol. The van der Waals surface area contributed by atoms with Crippen molar-refractivity contribution in [2.45, 2.75) is 84.2 Å². The molecule has 23 heavy (non-hydrogen) atoms. The van der Waals surface area contributed by atoms with E-state index in [0.29, 0.717) is 12.5 Å². The summed E-state index contributed by atoms with van der Waals surface area (Å²) in [6, 6.07) is 0.653. The highest BCUT2D eigenvalue weighted by Gasteiger charge is 2.26. The molecule has 2 fully saturated rings. The Labute approximate surface area is 140 Å². The molecule has 1 saturated carbocycles. The topological polar surface area (TPSA) is 61.4 Å². The number of hydrogen-bond acceptors (Lipinski definition) is 2. The quantitative estimate of drug-likeness (QED) is 0.838. The fraction of sp³-hybridized carbons (Fsp3) is 0.889. The van der Waals surface area contributed by atoms with Gasteiger partial charge in [-0.05, 0) is 31.1 Å². The fourth-order valence-electron chi connectivity index (χ4n) is 3.50. The Morgan fingerprint density at radius 3 is 2.04 bits per heavy atom. The Morgan fingerprint density at radius 2 is 1.48 bits per heavy atom. The van der Waals surface area contributed by atoms with Crippen LogP contribution in [0.1, 0.15) is 72.1 Å². The molecule has 2 aliphatic rings. The molecule has 0 unspecified atom stereocenters. The van der Waals surface area contributed by atoms with Gasteiger partial charge in [0, 0.05) is 31.6 Å². The van der Waals surface area contributed by atoms with Gasteiger partial charge in [-0.15, -0.1) is 0 Å². The largest absolute Gasteiger partial charge is 0.353 e. The van der Waals surface area contributed by atoms with Crippen molar-refractivity contribution >= 4 is 11.9 Å². The van der Waals surface area contributed by atoms with Gasteiger partial charge in [0.2, 0.25) is 5.91 Å². The minimum absolute atomic E-state index is 0.0185. The molecule has 2 N–H and O–H groups in total. The van der Waals surface area contributed by atoms with Crippen LogP contribution in [-0.2, 0) is 4.79 Å². The van der Waals surface area contributed by atoms with Crippen molar-refractivity contribution < 1.29 is 9.59 Å². The fourth-order valence-corrected chi connectivity index (χ4v) is 3.50. The first-order chi connectivity index (χ1) is 10.8. The molecule has 0 radical (unpaired) electrons. The summed E-state index contributed by atoms with van der Waals surface area (Å²) in [5, 5.41) is 6.29. The van der Waals surface area contributed by atoms with Gasteiger partial charge in [0.15, 0.2) is 0 Å². The number of carbonyl (C=O) groups excluding carboxylic acids is 2. The number of nitrogens with one attached hydrogen (secondary N) is 2. The third-order valence-corrected chi connectivity index (χ3v) is 4.77. The standard InChI is InChI=1S/C18H33N3O2/c1-18(2,3)13-16(22)19-15-9-11-21(12-10-15)17(23)20-14-7-5-4-6-8-14/h14-15H,4-13H2,1-3H3,(H,19,22)(H,20,23). The summed E-state index contributed by atoms with van der Waals surface area (Å²) < 4.78 is 0. The van der Waals surface area contributed by atoms with E-state index in [1.807, 2.05) is 4.90 Å². The van der Waals surface area contributed by atoms with E-state index in [1.165, 1.54) is 19.3 Å². The predicted octanol–water partition coefficient (Wildman–Crippen LogP) is 3.05. The van der Waals surface area contributed by atoms with Crippen LogP contribution in [0.3, 0.4) is 0 Å². The third-order valence-electron chi connectivity index (χ3n) is 4.77. The molecule has 0 spiro atoms. The second-order valence-electron chi connectivity index (χ2n) is 8.35. The molecule has 3 amide bonds. The Balaban J connectivity index is 1.68. The molecular formula is C18H33N3O2. The highest BCUT2D eigenvalue weighted by molar-refractivity contribution is 5.77. The Bertz CT molecular complexity index is 403. The number of nitrogens with zero attached hydrogens (tertiary/aromatic N) is 1. The summed E-state index contributed by atoms with van der Waals surface area (Å²) in [5.41, 5.74) is 0.0185. The lowest BCUT2D eigenvalue weighted by Gasteiger charge is -2.34. The average Bonchev–Trinajstić information content (AvgIpc) is 2.47. The van der Waals surface area contributed by atoms with E-state index in [-0.39, 0.29) is 23.4 Å². The molecule has 1 heterocycles. The van der Waals surface area contributed by atoms with Crippen LogP contribution in [0.5, 0.6) is 0 Å². The SMILES string of the molecule is CC(C)(C)CC(=O)NC1CCN(C(=O)NC2CCCCC2)CC1. The van der Waals surface area contributed by atoms with Crippen molar-refractivity contribution in [3.8, 4) is 0 Å². The zero-order valence-corrected chi connectivity index (χ0v) is 15.0. The lowest BCUT2D eigenvalue weighted by atomic mass is 9.91. The second-order valence-corrected chi connectivity index (χ2v) is 8.35. The first-order valence-corrected chi connectivity index (χ1v) is 9.18. The molecule has 0 aromatic rings. The number of amides is 3. The second kappa shape index (κ2) is 8.02. The Hall–Kier alpha value is -1.26. The normalized spacial score (nSPS) is 21.1. The van der Waals surface area contributed by atoms with Crippen molar-refractivity contribution in [2.24, 2.45) is 5.41 Å². The maximum Gasteiger partial charge on any atom is 0.317 e. The summed E-state index contributed by atoms with van der Waals surface area (Å²) in [5.74, 6) is 0.127. The minimum atomic E-state index is 0.0185. The molecule has 0 aromatic heterocycles. The summed E-state index contributed by atoms with van der Waals surface area (Å²) >= 11 is 0. The van der Waals surface area contributed by atoms with E-state index in [2.05, 4.69) is 31.4 Å². The average molecular weight is 323 g/mol. The highest BCUT2D eigenvalue weighted by Crippen LogP contribution is 2.20. The van der Waals surface area contributed by atoms with E-state index in [1.54, 1.807) is 0 Å². The molecule has 2 rings (SSSR count). The van der Waals surface area contributed by atoms with Gasteiger partial charge in [0.25, 0.3) is 0 Å². The van der Waals surface area contributed by atoms with Crippen LogP contribution >= 0.6 is 0 Å².